The molecule has 0 saturated carbocycles. The van der Waals surface area contributed by atoms with Gasteiger partial charge in [-0.3, -0.25) is 9.59 Å². The van der Waals surface area contributed by atoms with Gasteiger partial charge in [-0.2, -0.15) is 0 Å². The molecule has 16 heavy (non-hydrogen) atoms. The first-order valence-corrected chi connectivity index (χ1v) is 6.64. The van der Waals surface area contributed by atoms with Gasteiger partial charge in [0.15, 0.2) is 0 Å². The zero-order valence-electron chi connectivity index (χ0n) is 8.46. The lowest BCUT2D eigenvalue weighted by atomic mass is 10.1. The highest BCUT2D eigenvalue weighted by molar-refractivity contribution is 9.11. The summed E-state index contributed by atoms with van der Waals surface area (Å²) < 4.78 is 0.939. The third-order valence-electron chi connectivity index (χ3n) is 2.43. The molecule has 0 radical (unpaired) electrons. The average Bonchev–Trinajstić information content (AvgIpc) is 2.68. The van der Waals surface area contributed by atoms with Gasteiger partial charge in [-0.15, -0.1) is 11.3 Å². The van der Waals surface area contributed by atoms with Crippen molar-refractivity contribution in [3.63, 3.8) is 0 Å². The first-order chi connectivity index (χ1) is 7.65. The van der Waals surface area contributed by atoms with E-state index in [1.807, 2.05) is 0 Å². The second-order valence-corrected chi connectivity index (χ2v) is 5.94. The molecule has 1 atom stereocenters. The van der Waals surface area contributed by atoms with Crippen LogP contribution in [-0.2, 0) is 4.79 Å². The Morgan fingerprint density at radius 3 is 3.00 bits per heavy atom. The van der Waals surface area contributed by atoms with Gasteiger partial charge in [0.25, 0.3) is 5.91 Å². The molecule has 2 amide bonds. The molecule has 86 valence electrons. The van der Waals surface area contributed by atoms with Crippen molar-refractivity contribution in [1.29, 1.82) is 0 Å². The van der Waals surface area contributed by atoms with Crippen LogP contribution in [0.15, 0.2) is 15.2 Å². The Balaban J connectivity index is 1.90. The zero-order chi connectivity index (χ0) is 11.5. The summed E-state index contributed by atoms with van der Waals surface area (Å²) in [6, 6.07) is 1.84. The quantitative estimate of drug-likeness (QED) is 0.870. The van der Waals surface area contributed by atoms with Crippen molar-refractivity contribution in [1.82, 2.24) is 10.6 Å². The molecular formula is C10H11BrN2O2S. The zero-order valence-corrected chi connectivity index (χ0v) is 10.9. The largest absolute Gasteiger partial charge is 0.354 e. The van der Waals surface area contributed by atoms with Gasteiger partial charge in [0, 0.05) is 24.4 Å². The Morgan fingerprint density at radius 1 is 1.62 bits per heavy atom. The van der Waals surface area contributed by atoms with Crippen LogP contribution in [0.2, 0.25) is 0 Å². The van der Waals surface area contributed by atoms with Crippen LogP contribution in [0.1, 0.15) is 23.2 Å². The first-order valence-electron chi connectivity index (χ1n) is 4.97. The molecule has 0 aromatic carbocycles. The van der Waals surface area contributed by atoms with E-state index >= 15 is 0 Å². The van der Waals surface area contributed by atoms with Crippen LogP contribution in [0, 0.1) is 0 Å². The van der Waals surface area contributed by atoms with Crippen LogP contribution in [0.25, 0.3) is 0 Å². The molecular weight excluding hydrogens is 292 g/mol. The van der Waals surface area contributed by atoms with Gasteiger partial charge < -0.3 is 10.6 Å². The number of thiophene rings is 1. The molecule has 2 heterocycles. The molecule has 0 aliphatic carbocycles. The Morgan fingerprint density at radius 2 is 2.44 bits per heavy atom. The SMILES string of the molecule is O=C1CCC(NC(=O)c2csc(Br)c2)CN1. The summed E-state index contributed by atoms with van der Waals surface area (Å²) in [7, 11) is 0. The van der Waals surface area contributed by atoms with Crippen molar-refractivity contribution < 1.29 is 9.59 Å². The highest BCUT2D eigenvalue weighted by Crippen LogP contribution is 2.20. The minimum absolute atomic E-state index is 0.0453. The number of hydrogen-bond donors (Lipinski definition) is 2. The van der Waals surface area contributed by atoms with E-state index in [9.17, 15) is 9.59 Å². The summed E-state index contributed by atoms with van der Waals surface area (Å²) in [5.41, 5.74) is 0.661. The van der Waals surface area contributed by atoms with Crippen molar-refractivity contribution in [3.8, 4) is 0 Å². The van der Waals surface area contributed by atoms with E-state index in [1.54, 1.807) is 11.4 Å². The van der Waals surface area contributed by atoms with Crippen LogP contribution in [0.5, 0.6) is 0 Å². The van der Waals surface area contributed by atoms with Crippen LogP contribution >= 0.6 is 27.3 Å². The molecule has 1 unspecified atom stereocenters. The highest BCUT2D eigenvalue weighted by atomic mass is 79.9. The molecule has 1 saturated heterocycles. The predicted molar refractivity (Wildman–Crippen MR) is 65.5 cm³/mol. The Bertz CT molecular complexity index is 409. The number of rotatable bonds is 2. The third kappa shape index (κ3) is 2.82. The number of nitrogens with one attached hydrogen (secondary N) is 2. The fourth-order valence-corrected chi connectivity index (χ4v) is 2.69. The number of carbonyl (C=O) groups excluding carboxylic acids is 2. The summed E-state index contributed by atoms with van der Waals surface area (Å²) in [6.45, 7) is 0.524. The minimum Gasteiger partial charge on any atom is -0.354 e. The van der Waals surface area contributed by atoms with Crippen molar-refractivity contribution in [3.05, 3.63) is 20.8 Å². The Hall–Kier alpha value is -0.880. The fraction of sp³-hybridized carbons (Fsp3) is 0.400. The normalized spacial score (nSPS) is 20.3. The average molecular weight is 303 g/mol. The molecule has 0 bridgehead atoms. The molecule has 1 fully saturated rings. The van der Waals surface area contributed by atoms with E-state index in [2.05, 4.69) is 26.6 Å². The Kier molecular flexibility index (Phi) is 3.60. The predicted octanol–water partition coefficient (Wildman–Crippen LogP) is 1.52. The van der Waals surface area contributed by atoms with Gasteiger partial charge in [0.1, 0.15) is 0 Å². The summed E-state index contributed by atoms with van der Waals surface area (Å²) in [4.78, 5) is 22.7. The summed E-state index contributed by atoms with van der Waals surface area (Å²) in [5, 5.41) is 7.44. The minimum atomic E-state index is -0.0805. The van der Waals surface area contributed by atoms with E-state index in [4.69, 9.17) is 0 Å². The maximum absolute atomic E-state index is 11.8. The van der Waals surface area contributed by atoms with Crippen LogP contribution in [-0.4, -0.2) is 24.4 Å². The maximum Gasteiger partial charge on any atom is 0.252 e. The van der Waals surface area contributed by atoms with E-state index in [0.717, 1.165) is 3.79 Å². The standard InChI is InChI=1S/C10H11BrN2O2S/c11-8-3-6(5-16-8)10(15)13-7-1-2-9(14)12-4-7/h3,5,7H,1-2,4H2,(H,12,14)(H,13,15). The number of hydrogen-bond acceptors (Lipinski definition) is 3. The summed E-state index contributed by atoms with van der Waals surface area (Å²) in [5.74, 6) is -0.0214. The second-order valence-electron chi connectivity index (χ2n) is 3.65. The first kappa shape index (κ1) is 11.6. The number of amides is 2. The second kappa shape index (κ2) is 4.97. The van der Waals surface area contributed by atoms with Crippen molar-refractivity contribution >= 4 is 39.1 Å². The summed E-state index contributed by atoms with van der Waals surface area (Å²) >= 11 is 4.80. The molecule has 2 N–H and O–H groups in total. The van der Waals surface area contributed by atoms with Crippen LogP contribution in [0.3, 0.4) is 0 Å². The summed E-state index contributed by atoms with van der Waals surface area (Å²) in [6.07, 6.45) is 1.20. The lowest BCUT2D eigenvalue weighted by Gasteiger charge is -2.23. The van der Waals surface area contributed by atoms with Gasteiger partial charge in [0.05, 0.1) is 9.35 Å². The van der Waals surface area contributed by atoms with Gasteiger partial charge in [-0.25, -0.2) is 0 Å². The molecule has 2 rings (SSSR count). The maximum atomic E-state index is 11.8. The molecule has 0 spiro atoms. The van der Waals surface area contributed by atoms with Gasteiger partial charge >= 0.3 is 0 Å². The molecule has 4 nitrogen and oxygen atoms in total. The van der Waals surface area contributed by atoms with E-state index in [1.165, 1.54) is 11.3 Å². The van der Waals surface area contributed by atoms with Crippen molar-refractivity contribution in [2.45, 2.75) is 18.9 Å². The lowest BCUT2D eigenvalue weighted by molar-refractivity contribution is -0.122. The van der Waals surface area contributed by atoms with Gasteiger partial charge in [-0.1, -0.05) is 0 Å². The van der Waals surface area contributed by atoms with Crippen molar-refractivity contribution in [2.75, 3.05) is 6.54 Å². The highest BCUT2D eigenvalue weighted by Gasteiger charge is 2.20. The molecule has 1 aromatic heterocycles. The Labute approximate surface area is 106 Å². The monoisotopic (exact) mass is 302 g/mol. The smallest absolute Gasteiger partial charge is 0.252 e. The molecule has 1 aliphatic rings. The van der Waals surface area contributed by atoms with Crippen molar-refractivity contribution in [2.24, 2.45) is 0 Å². The van der Waals surface area contributed by atoms with E-state index in [-0.39, 0.29) is 17.9 Å². The molecule has 1 aromatic rings. The number of piperidine rings is 1. The topological polar surface area (TPSA) is 58.2 Å². The van der Waals surface area contributed by atoms with Gasteiger partial charge in [-0.05, 0) is 28.4 Å². The molecule has 1 aliphatic heterocycles. The van der Waals surface area contributed by atoms with Gasteiger partial charge in [0.2, 0.25) is 5.91 Å². The fourth-order valence-electron chi connectivity index (χ4n) is 1.55. The molecule has 6 heteroatoms. The lowest BCUT2D eigenvalue weighted by Crippen LogP contribution is -2.47. The number of halogens is 1. The number of carbonyl (C=O) groups is 2. The van der Waals surface area contributed by atoms with E-state index < -0.39 is 0 Å². The van der Waals surface area contributed by atoms with Crippen LogP contribution in [0.4, 0.5) is 0 Å². The van der Waals surface area contributed by atoms with Crippen LogP contribution < -0.4 is 10.6 Å². The van der Waals surface area contributed by atoms with E-state index in [0.29, 0.717) is 24.9 Å². The third-order valence-corrected chi connectivity index (χ3v) is 3.93.